The molecule has 4 aromatic rings. The summed E-state index contributed by atoms with van der Waals surface area (Å²) >= 11 is 6.35. The number of phenols is 1. The number of rotatable bonds is 3. The topological polar surface area (TPSA) is 52.9 Å². The van der Waals surface area contributed by atoms with Gasteiger partial charge in [0.15, 0.2) is 0 Å². The number of phenolic OH excluding ortho intramolecular Hbond substituents is 1. The number of hydrogen-bond donors (Lipinski definition) is 1. The Morgan fingerprint density at radius 2 is 1.76 bits per heavy atom. The Morgan fingerprint density at radius 1 is 0.970 bits per heavy atom. The van der Waals surface area contributed by atoms with E-state index in [0.29, 0.717) is 17.2 Å². The first-order valence-corrected chi connectivity index (χ1v) is 11.2. The van der Waals surface area contributed by atoms with Crippen LogP contribution in [0.4, 0.5) is 5.69 Å². The molecule has 0 aromatic heterocycles. The Kier molecular flexibility index (Phi) is 5.39. The summed E-state index contributed by atoms with van der Waals surface area (Å²) in [6.45, 7) is 1.85. The van der Waals surface area contributed by atoms with Crippen molar-refractivity contribution < 1.29 is 9.90 Å². The van der Waals surface area contributed by atoms with Crippen molar-refractivity contribution in [3.05, 3.63) is 106 Å². The van der Waals surface area contributed by atoms with Crippen LogP contribution in [0.5, 0.6) is 5.75 Å². The average molecular weight is 455 g/mol. The molecule has 33 heavy (non-hydrogen) atoms. The lowest BCUT2D eigenvalue weighted by molar-refractivity contribution is -0.119. The van der Waals surface area contributed by atoms with Crippen molar-refractivity contribution in [1.82, 2.24) is 0 Å². The number of anilines is 1. The van der Waals surface area contributed by atoms with Crippen LogP contribution in [0.1, 0.15) is 22.3 Å². The number of amides is 1. The summed E-state index contributed by atoms with van der Waals surface area (Å²) in [6.07, 6.45) is 0.482. The fraction of sp³-hybridized carbons (Fsp3) is 0.143. The van der Waals surface area contributed by atoms with Gasteiger partial charge in [0.1, 0.15) is 11.8 Å². The van der Waals surface area contributed by atoms with Gasteiger partial charge in [-0.1, -0.05) is 54.1 Å². The van der Waals surface area contributed by atoms with E-state index in [4.69, 9.17) is 16.6 Å². The first kappa shape index (κ1) is 21.2. The van der Waals surface area contributed by atoms with Gasteiger partial charge in [-0.05, 0) is 65.2 Å². The number of fused-ring (bicyclic) bond motifs is 2. The second-order valence-electron chi connectivity index (χ2n) is 8.44. The Labute approximate surface area is 197 Å². The van der Waals surface area contributed by atoms with Gasteiger partial charge in [0.25, 0.3) is 5.91 Å². The highest BCUT2D eigenvalue weighted by atomic mass is 35.5. The molecule has 0 bridgehead atoms. The SMILES string of the molecule is Cc1cc(C2=NC(Cc3ccc4ccccc4c3)C(=O)N(C)c3ccc(Cl)cc32)ccc1O. The van der Waals surface area contributed by atoms with Crippen LogP contribution in [-0.4, -0.2) is 29.8 Å². The van der Waals surface area contributed by atoms with E-state index in [1.807, 2.05) is 43.3 Å². The lowest BCUT2D eigenvalue weighted by Crippen LogP contribution is -2.36. The fourth-order valence-corrected chi connectivity index (χ4v) is 4.54. The largest absolute Gasteiger partial charge is 0.508 e. The van der Waals surface area contributed by atoms with Crippen molar-refractivity contribution in [3.8, 4) is 5.75 Å². The summed E-state index contributed by atoms with van der Waals surface area (Å²) in [5.74, 6) is 0.150. The number of aryl methyl sites for hydroxylation is 1. The van der Waals surface area contributed by atoms with Crippen molar-refractivity contribution >= 4 is 39.7 Å². The molecule has 0 radical (unpaired) electrons. The van der Waals surface area contributed by atoms with Gasteiger partial charge < -0.3 is 10.0 Å². The lowest BCUT2D eigenvalue weighted by Gasteiger charge is -2.20. The molecule has 1 N–H and O–H groups in total. The molecule has 1 heterocycles. The lowest BCUT2D eigenvalue weighted by atomic mass is 9.98. The maximum atomic E-state index is 13.5. The van der Waals surface area contributed by atoms with E-state index in [9.17, 15) is 9.90 Å². The van der Waals surface area contributed by atoms with Gasteiger partial charge >= 0.3 is 0 Å². The van der Waals surface area contributed by atoms with Crippen molar-refractivity contribution in [2.45, 2.75) is 19.4 Å². The van der Waals surface area contributed by atoms with Gasteiger partial charge in [-0.15, -0.1) is 0 Å². The number of benzene rings is 4. The molecule has 0 saturated heterocycles. The van der Waals surface area contributed by atoms with E-state index in [0.717, 1.165) is 38.7 Å². The molecule has 1 aliphatic rings. The highest BCUT2D eigenvalue weighted by Crippen LogP contribution is 2.32. The van der Waals surface area contributed by atoms with E-state index in [1.165, 1.54) is 0 Å². The van der Waals surface area contributed by atoms with Crippen molar-refractivity contribution in [2.75, 3.05) is 11.9 Å². The van der Waals surface area contributed by atoms with E-state index < -0.39 is 6.04 Å². The molecule has 5 rings (SSSR count). The third-order valence-corrected chi connectivity index (χ3v) is 6.42. The predicted octanol–water partition coefficient (Wildman–Crippen LogP) is 5.93. The van der Waals surface area contributed by atoms with Crippen molar-refractivity contribution in [1.29, 1.82) is 0 Å². The standard InChI is InChI=1S/C28H23ClN2O2/c1-17-13-21(9-12-26(17)32)27-23-16-22(29)10-11-25(23)31(2)28(33)24(30-27)15-18-7-8-19-5-3-4-6-20(19)14-18/h3-14,16,24,32H,15H2,1-2H3. The highest BCUT2D eigenvalue weighted by Gasteiger charge is 2.30. The minimum absolute atomic E-state index is 0.0720. The van der Waals surface area contributed by atoms with Crippen LogP contribution in [0, 0.1) is 6.92 Å². The maximum Gasteiger partial charge on any atom is 0.251 e. The van der Waals surface area contributed by atoms with E-state index in [-0.39, 0.29) is 11.7 Å². The van der Waals surface area contributed by atoms with Gasteiger partial charge in [0, 0.05) is 29.6 Å². The summed E-state index contributed by atoms with van der Waals surface area (Å²) in [6, 6.07) is 24.7. The molecule has 1 aliphatic heterocycles. The fourth-order valence-electron chi connectivity index (χ4n) is 4.37. The quantitative estimate of drug-likeness (QED) is 0.417. The highest BCUT2D eigenvalue weighted by molar-refractivity contribution is 6.32. The number of halogens is 1. The second-order valence-corrected chi connectivity index (χ2v) is 8.88. The van der Waals surface area contributed by atoms with Crippen LogP contribution in [0.3, 0.4) is 0 Å². The molecule has 0 saturated carbocycles. The first-order chi connectivity index (χ1) is 15.9. The number of carbonyl (C=O) groups is 1. The molecule has 5 heteroatoms. The van der Waals surface area contributed by atoms with Crippen LogP contribution in [-0.2, 0) is 11.2 Å². The summed E-state index contributed by atoms with van der Waals surface area (Å²) in [4.78, 5) is 20.2. The normalized spacial score (nSPS) is 15.8. The number of likely N-dealkylation sites (N-methyl/N-ethyl adjacent to an activating group) is 1. The van der Waals surface area contributed by atoms with Crippen LogP contribution >= 0.6 is 11.6 Å². The number of benzodiazepines with no additional fused rings is 1. The van der Waals surface area contributed by atoms with Gasteiger partial charge in [-0.3, -0.25) is 9.79 Å². The summed E-state index contributed by atoms with van der Waals surface area (Å²) in [5, 5.41) is 12.9. The van der Waals surface area contributed by atoms with Crippen molar-refractivity contribution in [3.63, 3.8) is 0 Å². The molecule has 0 aliphatic carbocycles. The van der Waals surface area contributed by atoms with Crippen LogP contribution in [0.25, 0.3) is 10.8 Å². The summed E-state index contributed by atoms with van der Waals surface area (Å²) < 4.78 is 0. The molecule has 1 amide bonds. The van der Waals surface area contributed by atoms with E-state index in [2.05, 4.69) is 30.3 Å². The third kappa shape index (κ3) is 3.98. The second kappa shape index (κ2) is 8.38. The molecule has 4 nitrogen and oxygen atoms in total. The molecule has 1 atom stereocenters. The minimum atomic E-state index is -0.591. The molecule has 164 valence electrons. The monoisotopic (exact) mass is 454 g/mol. The number of nitrogens with zero attached hydrogens (tertiary/aromatic N) is 2. The Balaban J connectivity index is 1.64. The van der Waals surface area contributed by atoms with E-state index >= 15 is 0 Å². The maximum absolute atomic E-state index is 13.5. The zero-order valence-electron chi connectivity index (χ0n) is 18.4. The summed E-state index contributed by atoms with van der Waals surface area (Å²) in [7, 11) is 1.78. The van der Waals surface area contributed by atoms with Crippen LogP contribution in [0.15, 0.2) is 83.9 Å². The molecule has 4 aromatic carbocycles. The van der Waals surface area contributed by atoms with Gasteiger partial charge in [-0.25, -0.2) is 0 Å². The summed E-state index contributed by atoms with van der Waals surface area (Å²) in [5.41, 5.74) is 4.88. The first-order valence-electron chi connectivity index (χ1n) is 10.8. The predicted molar refractivity (Wildman–Crippen MR) is 135 cm³/mol. The third-order valence-electron chi connectivity index (χ3n) is 6.19. The van der Waals surface area contributed by atoms with Gasteiger partial charge in [-0.2, -0.15) is 0 Å². The number of aromatic hydroxyl groups is 1. The zero-order chi connectivity index (χ0) is 23.1. The number of aliphatic imine (C=N–C) groups is 1. The Hall–Kier alpha value is -3.63. The number of carbonyl (C=O) groups excluding carboxylic acids is 1. The van der Waals surface area contributed by atoms with Crippen LogP contribution in [0.2, 0.25) is 5.02 Å². The molecule has 0 fully saturated rings. The zero-order valence-corrected chi connectivity index (χ0v) is 19.2. The van der Waals surface area contributed by atoms with Gasteiger partial charge in [0.05, 0.1) is 11.4 Å². The molecule has 0 spiro atoms. The molecular formula is C28H23ClN2O2. The Morgan fingerprint density at radius 3 is 2.55 bits per heavy atom. The van der Waals surface area contributed by atoms with Crippen molar-refractivity contribution in [2.24, 2.45) is 4.99 Å². The number of hydrogen-bond acceptors (Lipinski definition) is 3. The van der Waals surface area contributed by atoms with Gasteiger partial charge in [0.2, 0.25) is 0 Å². The Bertz CT molecular complexity index is 1430. The van der Waals surface area contributed by atoms with E-state index in [1.54, 1.807) is 24.1 Å². The molecule has 1 unspecified atom stereocenters. The van der Waals surface area contributed by atoms with Crippen LogP contribution < -0.4 is 4.90 Å². The smallest absolute Gasteiger partial charge is 0.251 e. The average Bonchev–Trinajstić information content (AvgIpc) is 2.91. The molecular weight excluding hydrogens is 432 g/mol. The minimum Gasteiger partial charge on any atom is -0.508 e.